The van der Waals surface area contributed by atoms with Crippen LogP contribution in [0.3, 0.4) is 0 Å². The molecule has 7 rings (SSSR count). The maximum Gasteiger partial charge on any atom is 0.125 e. The van der Waals surface area contributed by atoms with Gasteiger partial charge < -0.3 is 15.0 Å². The van der Waals surface area contributed by atoms with Crippen molar-refractivity contribution in [2.24, 2.45) is 0 Å². The van der Waals surface area contributed by atoms with E-state index in [2.05, 4.69) is 99.8 Å². The largest absolute Gasteiger partial charge is 0.507 e. The lowest BCUT2D eigenvalue weighted by atomic mass is 9.99. The molecule has 0 spiro atoms. The van der Waals surface area contributed by atoms with Gasteiger partial charge in [-0.15, -0.1) is 11.3 Å². The summed E-state index contributed by atoms with van der Waals surface area (Å²) in [5, 5.41) is 14.8. The molecule has 5 nitrogen and oxygen atoms in total. The number of rotatable bonds is 8. The smallest absolute Gasteiger partial charge is 0.125 e. The fourth-order valence-corrected chi connectivity index (χ4v) is 6.22. The quantitative estimate of drug-likeness (QED) is 0.194. The minimum absolute atomic E-state index is 0.289. The highest BCUT2D eigenvalue weighted by atomic mass is 32.1. The second-order valence-electron chi connectivity index (χ2n) is 10.2. The number of hydrogen-bond acceptors (Lipinski definition) is 5. The fourth-order valence-electron chi connectivity index (χ4n) is 5.22. The number of phenols is 1. The molecule has 0 bridgehead atoms. The Labute approximate surface area is 248 Å². The van der Waals surface area contributed by atoms with Crippen molar-refractivity contribution in [3.63, 3.8) is 0 Å². The number of aromatic hydroxyl groups is 1. The third-order valence-corrected chi connectivity index (χ3v) is 8.49. The molecule has 0 saturated carbocycles. The van der Waals surface area contributed by atoms with Crippen LogP contribution in [0.1, 0.15) is 11.3 Å². The van der Waals surface area contributed by atoms with Gasteiger partial charge in [0.2, 0.25) is 0 Å². The Hall–Kier alpha value is -5.20. The van der Waals surface area contributed by atoms with Gasteiger partial charge >= 0.3 is 0 Å². The number of benzene rings is 5. The van der Waals surface area contributed by atoms with Gasteiger partial charge in [-0.25, -0.2) is 9.97 Å². The van der Waals surface area contributed by atoms with Crippen LogP contribution in [0.25, 0.3) is 43.0 Å². The Morgan fingerprint density at radius 3 is 2.31 bits per heavy atom. The van der Waals surface area contributed by atoms with Crippen LogP contribution in [0.5, 0.6) is 5.75 Å². The molecule has 5 aromatic carbocycles. The Morgan fingerprint density at radius 1 is 0.714 bits per heavy atom. The lowest BCUT2D eigenvalue weighted by molar-refractivity contribution is 0.477. The first-order chi connectivity index (χ1) is 20.7. The summed E-state index contributed by atoms with van der Waals surface area (Å²) in [5.74, 6) is 0.289. The average molecular weight is 565 g/mol. The molecule has 0 saturated heterocycles. The van der Waals surface area contributed by atoms with E-state index in [0.29, 0.717) is 13.1 Å². The first kappa shape index (κ1) is 25.7. The molecule has 0 amide bonds. The Bertz CT molecular complexity index is 1940. The van der Waals surface area contributed by atoms with Crippen molar-refractivity contribution in [1.29, 1.82) is 0 Å². The normalized spacial score (nSPS) is 11.1. The molecule has 2 heterocycles. The van der Waals surface area contributed by atoms with E-state index in [1.807, 2.05) is 42.9 Å². The van der Waals surface area contributed by atoms with E-state index in [0.717, 1.165) is 49.7 Å². The topological polar surface area (TPSA) is 63.0 Å². The predicted octanol–water partition coefficient (Wildman–Crippen LogP) is 8.86. The third-order valence-electron chi connectivity index (χ3n) is 7.42. The number of nitrogens with one attached hydrogen (secondary N) is 1. The summed E-state index contributed by atoms with van der Waals surface area (Å²) in [4.78, 5) is 9.37. The molecular formula is C36H28N4OS. The number of phenolic OH excluding ortho intramolecular Hbond substituents is 1. The summed E-state index contributed by atoms with van der Waals surface area (Å²) in [6.45, 7) is 1.36. The molecule has 0 atom stereocenters. The highest BCUT2D eigenvalue weighted by molar-refractivity contribution is 7.21. The number of imidazole rings is 1. The second-order valence-corrected chi connectivity index (χ2v) is 11.2. The molecule has 0 radical (unpaired) electrons. The lowest BCUT2D eigenvalue weighted by Gasteiger charge is -2.14. The highest BCUT2D eigenvalue weighted by Gasteiger charge is 2.14. The summed E-state index contributed by atoms with van der Waals surface area (Å²) < 4.78 is 3.35. The monoisotopic (exact) mass is 564 g/mol. The number of thiazole rings is 1. The predicted molar refractivity (Wildman–Crippen MR) is 173 cm³/mol. The molecule has 42 heavy (non-hydrogen) atoms. The van der Waals surface area contributed by atoms with Gasteiger partial charge in [-0.2, -0.15) is 0 Å². The van der Waals surface area contributed by atoms with Gasteiger partial charge in [-0.05, 0) is 58.7 Å². The average Bonchev–Trinajstić information content (AvgIpc) is 3.68. The molecule has 0 aliphatic carbocycles. The minimum atomic E-state index is 0.289. The van der Waals surface area contributed by atoms with Crippen LogP contribution in [-0.2, 0) is 13.1 Å². The van der Waals surface area contributed by atoms with Crippen LogP contribution in [0.15, 0.2) is 134 Å². The molecular weight excluding hydrogens is 536 g/mol. The van der Waals surface area contributed by atoms with Gasteiger partial charge in [0.1, 0.15) is 10.8 Å². The van der Waals surface area contributed by atoms with Gasteiger partial charge in [-0.3, -0.25) is 0 Å². The van der Waals surface area contributed by atoms with Crippen LogP contribution in [0.2, 0.25) is 0 Å². The van der Waals surface area contributed by atoms with Crippen molar-refractivity contribution in [3.8, 4) is 38.6 Å². The van der Waals surface area contributed by atoms with E-state index in [4.69, 9.17) is 4.98 Å². The first-order valence-corrected chi connectivity index (χ1v) is 14.7. The van der Waals surface area contributed by atoms with E-state index in [1.165, 1.54) is 10.3 Å². The summed E-state index contributed by atoms with van der Waals surface area (Å²) in [5.41, 5.74) is 9.60. The van der Waals surface area contributed by atoms with Crippen molar-refractivity contribution < 1.29 is 5.11 Å². The minimum Gasteiger partial charge on any atom is -0.507 e. The van der Waals surface area contributed by atoms with Crippen LogP contribution in [0.4, 0.5) is 5.69 Å². The fraction of sp³-hybridized carbons (Fsp3) is 0.0556. The van der Waals surface area contributed by atoms with Gasteiger partial charge in [0, 0.05) is 29.6 Å². The van der Waals surface area contributed by atoms with E-state index >= 15 is 0 Å². The van der Waals surface area contributed by atoms with E-state index in [-0.39, 0.29) is 5.75 Å². The molecule has 2 aromatic heterocycles. The van der Waals surface area contributed by atoms with Crippen molar-refractivity contribution in [1.82, 2.24) is 14.5 Å². The number of aromatic nitrogens is 3. The summed E-state index contributed by atoms with van der Waals surface area (Å²) in [6.07, 6.45) is 3.79. The van der Waals surface area contributed by atoms with Crippen molar-refractivity contribution in [3.05, 3.63) is 145 Å². The zero-order valence-electron chi connectivity index (χ0n) is 22.8. The number of fused-ring (bicyclic) bond motifs is 1. The number of nitrogens with zero attached hydrogens (tertiary/aromatic N) is 3. The third kappa shape index (κ3) is 5.28. The molecule has 0 unspecified atom stereocenters. The molecule has 6 heteroatoms. The Balaban J connectivity index is 1.11. The number of anilines is 1. The van der Waals surface area contributed by atoms with Crippen LogP contribution >= 0.6 is 11.3 Å². The first-order valence-electron chi connectivity index (χ1n) is 13.9. The standard InChI is InChI=1S/C36H28N4OS/c41-34-12-6-4-10-30(34)27-16-14-25(15-17-27)23-40-24-37-21-29(40)22-38-28-18-19-31(32(20-28)26-8-2-1-3-9-26)36-39-33-11-5-7-13-35(33)42-36/h1-21,24,38,41H,22-23H2. The van der Waals surface area contributed by atoms with Crippen LogP contribution in [0, 0.1) is 0 Å². The maximum absolute atomic E-state index is 10.2. The molecule has 0 aliphatic rings. The summed E-state index contributed by atoms with van der Waals surface area (Å²) >= 11 is 1.72. The Kier molecular flexibility index (Phi) is 6.96. The molecule has 0 fully saturated rings. The summed E-state index contributed by atoms with van der Waals surface area (Å²) in [6, 6.07) is 41.0. The van der Waals surface area contributed by atoms with Crippen molar-refractivity contribution in [2.45, 2.75) is 13.1 Å². The van der Waals surface area contributed by atoms with Crippen molar-refractivity contribution in [2.75, 3.05) is 5.32 Å². The zero-order chi connectivity index (χ0) is 28.3. The van der Waals surface area contributed by atoms with Gasteiger partial charge in [-0.1, -0.05) is 84.9 Å². The molecule has 0 aliphatic heterocycles. The van der Waals surface area contributed by atoms with E-state index in [9.17, 15) is 5.11 Å². The molecule has 204 valence electrons. The van der Waals surface area contributed by atoms with Crippen molar-refractivity contribution >= 4 is 27.2 Å². The lowest BCUT2D eigenvalue weighted by Crippen LogP contribution is -2.08. The number of para-hydroxylation sites is 2. The van der Waals surface area contributed by atoms with Crippen LogP contribution < -0.4 is 5.32 Å². The van der Waals surface area contributed by atoms with Gasteiger partial charge in [0.25, 0.3) is 0 Å². The number of hydrogen-bond donors (Lipinski definition) is 2. The maximum atomic E-state index is 10.2. The van der Waals surface area contributed by atoms with E-state index in [1.54, 1.807) is 17.4 Å². The van der Waals surface area contributed by atoms with Gasteiger partial charge in [0.05, 0.1) is 28.8 Å². The SMILES string of the molecule is Oc1ccccc1-c1ccc(Cn2cncc2CNc2ccc(-c3nc4ccccc4s3)c(-c3ccccc3)c2)cc1. The Morgan fingerprint density at radius 2 is 1.48 bits per heavy atom. The van der Waals surface area contributed by atoms with E-state index < -0.39 is 0 Å². The molecule has 7 aromatic rings. The second kappa shape index (κ2) is 11.4. The summed E-state index contributed by atoms with van der Waals surface area (Å²) in [7, 11) is 0. The molecule has 2 N–H and O–H groups in total. The van der Waals surface area contributed by atoms with Gasteiger partial charge in [0.15, 0.2) is 0 Å². The zero-order valence-corrected chi connectivity index (χ0v) is 23.6. The highest BCUT2D eigenvalue weighted by Crippen LogP contribution is 2.38. The van der Waals surface area contributed by atoms with Crippen LogP contribution in [-0.4, -0.2) is 19.6 Å².